The molecule has 0 bridgehead atoms. The first-order chi connectivity index (χ1) is 9.79. The van der Waals surface area contributed by atoms with Gasteiger partial charge in [-0.1, -0.05) is 50.5 Å². The van der Waals surface area contributed by atoms with E-state index in [1.54, 1.807) is 0 Å². The maximum atomic E-state index is 10.8. The number of aliphatic hydroxyl groups is 1. The van der Waals surface area contributed by atoms with Gasteiger partial charge in [0.15, 0.2) is 0 Å². The maximum absolute atomic E-state index is 10.8. The van der Waals surface area contributed by atoms with E-state index in [2.05, 4.69) is 24.0 Å². The predicted molar refractivity (Wildman–Crippen MR) is 82.4 cm³/mol. The van der Waals surface area contributed by atoms with Gasteiger partial charge in [0.2, 0.25) is 0 Å². The molecule has 0 radical (unpaired) electrons. The van der Waals surface area contributed by atoms with Crippen LogP contribution in [-0.4, -0.2) is 10.1 Å². The summed E-state index contributed by atoms with van der Waals surface area (Å²) in [4.78, 5) is 4.48. The largest absolute Gasteiger partial charge is 0.388 e. The highest BCUT2D eigenvalue weighted by Gasteiger charge is 2.28. The highest BCUT2D eigenvalue weighted by molar-refractivity contribution is 5.81. The van der Waals surface area contributed by atoms with Crippen LogP contribution >= 0.6 is 0 Å². The molecule has 2 heteroatoms. The third-order valence-electron chi connectivity index (χ3n) is 4.83. The van der Waals surface area contributed by atoms with Crippen molar-refractivity contribution in [1.82, 2.24) is 4.98 Å². The minimum atomic E-state index is -0.372. The molecule has 2 nitrogen and oxygen atoms in total. The van der Waals surface area contributed by atoms with Gasteiger partial charge in [-0.05, 0) is 30.7 Å². The van der Waals surface area contributed by atoms with Crippen LogP contribution in [0.25, 0.3) is 10.9 Å². The SMILES string of the molecule is CCC1CCCC(C(O)c2cccc3cccnc23)C1. The number of nitrogens with zero attached hydrogens (tertiary/aromatic N) is 1. The van der Waals surface area contributed by atoms with Crippen molar-refractivity contribution < 1.29 is 5.11 Å². The molecular weight excluding hydrogens is 246 g/mol. The number of rotatable bonds is 3. The van der Waals surface area contributed by atoms with Gasteiger partial charge in [0.1, 0.15) is 0 Å². The van der Waals surface area contributed by atoms with E-state index in [4.69, 9.17) is 0 Å². The van der Waals surface area contributed by atoms with Gasteiger partial charge in [0.05, 0.1) is 11.6 Å². The summed E-state index contributed by atoms with van der Waals surface area (Å²) >= 11 is 0. The fourth-order valence-corrected chi connectivity index (χ4v) is 3.61. The summed E-state index contributed by atoms with van der Waals surface area (Å²) in [6.07, 6.45) is 7.54. The van der Waals surface area contributed by atoms with Gasteiger partial charge < -0.3 is 5.11 Å². The van der Waals surface area contributed by atoms with Crippen LogP contribution in [0.15, 0.2) is 36.5 Å². The number of benzene rings is 1. The van der Waals surface area contributed by atoms with Crippen LogP contribution in [0.2, 0.25) is 0 Å². The van der Waals surface area contributed by atoms with Crippen molar-refractivity contribution in [2.75, 3.05) is 0 Å². The summed E-state index contributed by atoms with van der Waals surface area (Å²) in [5, 5.41) is 11.9. The number of hydrogen-bond acceptors (Lipinski definition) is 2. The van der Waals surface area contributed by atoms with E-state index in [0.717, 1.165) is 35.2 Å². The summed E-state index contributed by atoms with van der Waals surface area (Å²) in [5.74, 6) is 1.17. The first-order valence-corrected chi connectivity index (χ1v) is 7.81. The number of pyridine rings is 1. The first kappa shape index (κ1) is 13.6. The molecule has 1 aromatic carbocycles. The van der Waals surface area contributed by atoms with Crippen LogP contribution in [0, 0.1) is 11.8 Å². The minimum absolute atomic E-state index is 0.372. The van der Waals surface area contributed by atoms with Crippen LogP contribution in [0.5, 0.6) is 0 Å². The molecule has 1 saturated carbocycles. The van der Waals surface area contributed by atoms with E-state index in [1.807, 2.05) is 24.4 Å². The molecule has 2 aromatic rings. The first-order valence-electron chi connectivity index (χ1n) is 7.81. The molecule has 1 aliphatic carbocycles. The van der Waals surface area contributed by atoms with Gasteiger partial charge in [-0.15, -0.1) is 0 Å². The Bertz CT molecular complexity index is 575. The molecule has 3 atom stereocenters. The molecule has 1 aliphatic rings. The molecule has 1 aromatic heterocycles. The van der Waals surface area contributed by atoms with Gasteiger partial charge in [-0.3, -0.25) is 4.98 Å². The number of hydrogen-bond donors (Lipinski definition) is 1. The van der Waals surface area contributed by atoms with Gasteiger partial charge in [-0.25, -0.2) is 0 Å². The van der Waals surface area contributed by atoms with Crippen LogP contribution in [0.1, 0.15) is 50.7 Å². The van der Waals surface area contributed by atoms with E-state index in [0.29, 0.717) is 5.92 Å². The Hall–Kier alpha value is -1.41. The van der Waals surface area contributed by atoms with Crippen molar-refractivity contribution in [2.45, 2.75) is 45.1 Å². The zero-order chi connectivity index (χ0) is 13.9. The molecule has 0 saturated heterocycles. The second-order valence-electron chi connectivity index (χ2n) is 6.07. The molecule has 106 valence electrons. The maximum Gasteiger partial charge on any atom is 0.0839 e. The minimum Gasteiger partial charge on any atom is -0.388 e. The van der Waals surface area contributed by atoms with Crippen molar-refractivity contribution in [3.05, 3.63) is 42.1 Å². The molecule has 1 N–H and O–H groups in total. The summed E-state index contributed by atoms with van der Waals surface area (Å²) in [6, 6.07) is 10.1. The topological polar surface area (TPSA) is 33.1 Å². The van der Waals surface area contributed by atoms with E-state index >= 15 is 0 Å². The second-order valence-corrected chi connectivity index (χ2v) is 6.07. The zero-order valence-corrected chi connectivity index (χ0v) is 12.1. The summed E-state index contributed by atoms with van der Waals surface area (Å²) in [5.41, 5.74) is 1.96. The number of fused-ring (bicyclic) bond motifs is 1. The molecule has 0 spiro atoms. The van der Waals surface area contributed by atoms with E-state index in [9.17, 15) is 5.11 Å². The van der Waals surface area contributed by atoms with Crippen LogP contribution in [0.4, 0.5) is 0 Å². The Kier molecular flexibility index (Phi) is 4.02. The third-order valence-corrected chi connectivity index (χ3v) is 4.83. The van der Waals surface area contributed by atoms with Gasteiger partial charge in [-0.2, -0.15) is 0 Å². The Morgan fingerprint density at radius 3 is 2.95 bits per heavy atom. The standard InChI is InChI=1S/C18H23NO/c1-2-13-6-3-8-15(12-13)18(20)16-10-4-7-14-9-5-11-19-17(14)16/h4-5,7,9-11,13,15,18,20H,2-3,6,8,12H2,1H3. The number of aliphatic hydroxyl groups excluding tert-OH is 1. The molecular formula is C18H23NO. The lowest BCUT2D eigenvalue weighted by Gasteiger charge is -2.32. The molecule has 0 amide bonds. The molecule has 3 unspecified atom stereocenters. The Balaban J connectivity index is 1.90. The van der Waals surface area contributed by atoms with Crippen molar-refractivity contribution in [3.63, 3.8) is 0 Å². The second kappa shape index (κ2) is 5.92. The van der Waals surface area contributed by atoms with Gasteiger partial charge in [0.25, 0.3) is 0 Å². The van der Waals surface area contributed by atoms with E-state index in [-0.39, 0.29) is 6.10 Å². The van der Waals surface area contributed by atoms with E-state index < -0.39 is 0 Å². The quantitative estimate of drug-likeness (QED) is 0.891. The highest BCUT2D eigenvalue weighted by atomic mass is 16.3. The van der Waals surface area contributed by atoms with Gasteiger partial charge >= 0.3 is 0 Å². The predicted octanol–water partition coefficient (Wildman–Crippen LogP) is 4.48. The van der Waals surface area contributed by atoms with Crippen molar-refractivity contribution in [3.8, 4) is 0 Å². The Labute approximate surface area is 120 Å². The normalized spacial score (nSPS) is 24.7. The third kappa shape index (κ3) is 2.57. The lowest BCUT2D eigenvalue weighted by atomic mass is 9.76. The Morgan fingerprint density at radius 2 is 2.10 bits per heavy atom. The summed E-state index contributed by atoms with van der Waals surface area (Å²) in [7, 11) is 0. The van der Waals surface area contributed by atoms with Crippen LogP contribution in [-0.2, 0) is 0 Å². The van der Waals surface area contributed by atoms with Crippen molar-refractivity contribution in [1.29, 1.82) is 0 Å². The Morgan fingerprint density at radius 1 is 1.25 bits per heavy atom. The van der Waals surface area contributed by atoms with Crippen molar-refractivity contribution >= 4 is 10.9 Å². The average molecular weight is 269 g/mol. The van der Waals surface area contributed by atoms with E-state index in [1.165, 1.54) is 19.3 Å². The molecule has 1 heterocycles. The van der Waals surface area contributed by atoms with Crippen LogP contribution in [0.3, 0.4) is 0 Å². The molecule has 3 rings (SSSR count). The van der Waals surface area contributed by atoms with Gasteiger partial charge in [0, 0.05) is 17.1 Å². The highest BCUT2D eigenvalue weighted by Crippen LogP contribution is 2.39. The lowest BCUT2D eigenvalue weighted by molar-refractivity contribution is 0.0688. The fourth-order valence-electron chi connectivity index (χ4n) is 3.61. The smallest absolute Gasteiger partial charge is 0.0839 e. The summed E-state index contributed by atoms with van der Waals surface area (Å²) < 4.78 is 0. The summed E-state index contributed by atoms with van der Waals surface area (Å²) in [6.45, 7) is 2.26. The zero-order valence-electron chi connectivity index (χ0n) is 12.1. The molecule has 1 fully saturated rings. The molecule has 20 heavy (non-hydrogen) atoms. The average Bonchev–Trinajstić information content (AvgIpc) is 2.53. The van der Waals surface area contributed by atoms with Crippen LogP contribution < -0.4 is 0 Å². The fraction of sp³-hybridized carbons (Fsp3) is 0.500. The number of aromatic nitrogens is 1. The van der Waals surface area contributed by atoms with Crippen molar-refractivity contribution in [2.24, 2.45) is 11.8 Å². The molecule has 0 aliphatic heterocycles. The number of para-hydroxylation sites is 1. The lowest BCUT2D eigenvalue weighted by Crippen LogP contribution is -2.21. The monoisotopic (exact) mass is 269 g/mol.